The summed E-state index contributed by atoms with van der Waals surface area (Å²) in [4.78, 5) is 14.2. The Morgan fingerprint density at radius 1 is 1.21 bits per heavy atom. The molecule has 1 aliphatic rings. The van der Waals surface area contributed by atoms with Crippen molar-refractivity contribution in [1.29, 1.82) is 0 Å². The number of ether oxygens (including phenoxy) is 1. The number of aliphatic hydroxyl groups excluding tert-OH is 1. The molecule has 1 aliphatic carbocycles. The van der Waals surface area contributed by atoms with Crippen LogP contribution in [0.25, 0.3) is 11.3 Å². The lowest BCUT2D eigenvalue weighted by molar-refractivity contribution is -0.137. The number of alkyl halides is 3. The number of carbonyl (C=O) groups is 1. The highest BCUT2D eigenvalue weighted by Crippen LogP contribution is 2.34. The Hall–Kier alpha value is -2.43. The van der Waals surface area contributed by atoms with Crippen molar-refractivity contribution >= 4 is 5.91 Å². The highest BCUT2D eigenvalue weighted by atomic mass is 19.4. The number of rotatable bonds is 8. The van der Waals surface area contributed by atoms with Crippen LogP contribution in [-0.4, -0.2) is 52.5 Å². The summed E-state index contributed by atoms with van der Waals surface area (Å²) in [6.07, 6.45) is -1.96. The van der Waals surface area contributed by atoms with Gasteiger partial charge in [0, 0.05) is 37.4 Å². The predicted molar refractivity (Wildman–Crippen MR) is 115 cm³/mol. The Morgan fingerprint density at radius 3 is 2.33 bits per heavy atom. The number of halogens is 3. The summed E-state index contributed by atoms with van der Waals surface area (Å²) in [6, 6.07) is 4.61. The second kappa shape index (κ2) is 9.82. The molecular weight excluding hydrogens is 439 g/mol. The van der Waals surface area contributed by atoms with E-state index in [1.165, 1.54) is 12.1 Å². The maximum absolute atomic E-state index is 13.0. The van der Waals surface area contributed by atoms with E-state index >= 15 is 0 Å². The zero-order valence-corrected chi connectivity index (χ0v) is 19.0. The van der Waals surface area contributed by atoms with E-state index in [0.717, 1.165) is 25.0 Å². The highest BCUT2D eigenvalue weighted by Gasteiger charge is 2.33. The van der Waals surface area contributed by atoms with Crippen molar-refractivity contribution in [2.45, 2.75) is 70.0 Å². The molecule has 3 rings (SSSR count). The molecule has 0 atom stereocenters. The SMILES string of the molecule is COC(C)(C)CN(Cc1c(C(N)=O)noc1-c1ccc(C(F)(F)F)cc1)C1CCC(O)CC1. The van der Waals surface area contributed by atoms with Gasteiger partial charge in [0.25, 0.3) is 5.91 Å². The van der Waals surface area contributed by atoms with Crippen molar-refractivity contribution in [2.75, 3.05) is 13.7 Å². The maximum Gasteiger partial charge on any atom is 0.416 e. The lowest BCUT2D eigenvalue weighted by Crippen LogP contribution is -2.46. The fourth-order valence-electron chi connectivity index (χ4n) is 4.18. The summed E-state index contributed by atoms with van der Waals surface area (Å²) in [6.45, 7) is 4.64. The third-order valence-electron chi connectivity index (χ3n) is 6.18. The van der Waals surface area contributed by atoms with Crippen molar-refractivity contribution in [3.63, 3.8) is 0 Å². The van der Waals surface area contributed by atoms with Crippen LogP contribution in [-0.2, 0) is 17.5 Å². The van der Waals surface area contributed by atoms with Crippen molar-refractivity contribution in [2.24, 2.45) is 5.73 Å². The second-order valence-electron chi connectivity index (χ2n) is 9.11. The van der Waals surface area contributed by atoms with E-state index in [-0.39, 0.29) is 30.1 Å². The molecule has 0 bridgehead atoms. The number of nitrogens with two attached hydrogens (primary N) is 1. The average molecular weight is 470 g/mol. The van der Waals surface area contributed by atoms with Gasteiger partial charge in [-0.3, -0.25) is 9.69 Å². The number of benzene rings is 1. The molecule has 1 heterocycles. The van der Waals surface area contributed by atoms with Crippen molar-refractivity contribution in [1.82, 2.24) is 10.1 Å². The molecular formula is C23H30F3N3O4. The summed E-state index contributed by atoms with van der Waals surface area (Å²) in [5.41, 5.74) is 4.96. The predicted octanol–water partition coefficient (Wildman–Crippen LogP) is 3.99. The van der Waals surface area contributed by atoms with Crippen LogP contribution in [0.4, 0.5) is 13.2 Å². The third kappa shape index (κ3) is 6.13. The Labute approximate surface area is 190 Å². The molecule has 0 aliphatic heterocycles. The van der Waals surface area contributed by atoms with Crippen LogP contribution in [0.1, 0.15) is 61.1 Å². The molecule has 33 heavy (non-hydrogen) atoms. The molecule has 7 nitrogen and oxygen atoms in total. The van der Waals surface area contributed by atoms with Crippen LogP contribution in [0.3, 0.4) is 0 Å². The van der Waals surface area contributed by atoms with E-state index in [9.17, 15) is 23.1 Å². The number of hydrogen-bond acceptors (Lipinski definition) is 6. The number of hydrogen-bond donors (Lipinski definition) is 2. The van der Waals surface area contributed by atoms with Crippen LogP contribution in [0, 0.1) is 0 Å². The van der Waals surface area contributed by atoms with E-state index in [0.29, 0.717) is 30.5 Å². The Balaban J connectivity index is 1.98. The largest absolute Gasteiger partial charge is 0.416 e. The highest BCUT2D eigenvalue weighted by molar-refractivity contribution is 5.93. The summed E-state index contributed by atoms with van der Waals surface area (Å²) >= 11 is 0. The molecule has 10 heteroatoms. The van der Waals surface area contributed by atoms with Crippen LogP contribution >= 0.6 is 0 Å². The Bertz CT molecular complexity index is 949. The van der Waals surface area contributed by atoms with Gasteiger partial charge in [-0.05, 0) is 51.7 Å². The first-order chi connectivity index (χ1) is 15.4. The number of amides is 1. The van der Waals surface area contributed by atoms with E-state index in [1.807, 2.05) is 13.8 Å². The third-order valence-corrected chi connectivity index (χ3v) is 6.18. The quantitative estimate of drug-likeness (QED) is 0.606. The van der Waals surface area contributed by atoms with E-state index in [1.54, 1.807) is 7.11 Å². The van der Waals surface area contributed by atoms with Gasteiger partial charge >= 0.3 is 6.18 Å². The first-order valence-electron chi connectivity index (χ1n) is 10.8. The summed E-state index contributed by atoms with van der Waals surface area (Å²) in [5, 5.41) is 13.7. The summed E-state index contributed by atoms with van der Waals surface area (Å²) in [5.74, 6) is -0.578. The van der Waals surface area contributed by atoms with Gasteiger partial charge in [-0.2, -0.15) is 13.2 Å². The second-order valence-corrected chi connectivity index (χ2v) is 9.11. The molecule has 1 saturated carbocycles. The van der Waals surface area contributed by atoms with Gasteiger partial charge in [-0.15, -0.1) is 0 Å². The molecule has 3 N–H and O–H groups in total. The van der Waals surface area contributed by atoms with Gasteiger partial charge in [-0.1, -0.05) is 17.3 Å². The monoisotopic (exact) mass is 469 g/mol. The number of aliphatic hydroxyl groups is 1. The first-order valence-corrected chi connectivity index (χ1v) is 10.8. The molecule has 1 aromatic carbocycles. The minimum absolute atomic E-state index is 0.0547. The average Bonchev–Trinajstić information content (AvgIpc) is 3.17. The standard InChI is InChI=1S/C23H30F3N3O4/c1-22(2,32-3)13-29(16-8-10-17(30)11-9-16)12-18-19(21(27)31)28-33-20(18)14-4-6-15(7-5-14)23(24,25)26/h4-7,16-17,30H,8-13H2,1-3H3,(H2,27,31). The van der Waals surface area contributed by atoms with Crippen molar-refractivity contribution < 1.29 is 32.3 Å². The lowest BCUT2D eigenvalue weighted by atomic mass is 9.90. The van der Waals surface area contributed by atoms with Gasteiger partial charge in [0.2, 0.25) is 0 Å². The zero-order valence-electron chi connectivity index (χ0n) is 19.0. The fourth-order valence-corrected chi connectivity index (χ4v) is 4.18. The van der Waals surface area contributed by atoms with E-state index in [4.69, 9.17) is 15.0 Å². The van der Waals surface area contributed by atoms with Gasteiger partial charge in [0.05, 0.1) is 17.3 Å². The fraction of sp³-hybridized carbons (Fsp3) is 0.565. The lowest BCUT2D eigenvalue weighted by Gasteiger charge is -2.39. The maximum atomic E-state index is 13.0. The molecule has 1 fully saturated rings. The number of nitrogens with zero attached hydrogens (tertiary/aromatic N) is 2. The molecule has 0 unspecified atom stereocenters. The number of methoxy groups -OCH3 is 1. The first kappa shape index (κ1) is 25.2. The van der Waals surface area contributed by atoms with Gasteiger partial charge in [-0.25, -0.2) is 0 Å². The Kier molecular flexibility index (Phi) is 7.50. The molecule has 0 saturated heterocycles. The molecule has 2 aromatic rings. The number of aromatic nitrogens is 1. The normalized spacial score (nSPS) is 19.8. The molecule has 1 amide bonds. The van der Waals surface area contributed by atoms with E-state index < -0.39 is 23.2 Å². The molecule has 182 valence electrons. The summed E-state index contributed by atoms with van der Waals surface area (Å²) < 4.78 is 49.9. The Morgan fingerprint density at radius 2 is 1.82 bits per heavy atom. The van der Waals surface area contributed by atoms with Crippen LogP contribution < -0.4 is 5.73 Å². The topological polar surface area (TPSA) is 102 Å². The minimum Gasteiger partial charge on any atom is -0.393 e. The van der Waals surface area contributed by atoms with Crippen molar-refractivity contribution in [3.05, 3.63) is 41.1 Å². The van der Waals surface area contributed by atoms with Crippen molar-refractivity contribution in [3.8, 4) is 11.3 Å². The minimum atomic E-state index is -4.46. The van der Waals surface area contributed by atoms with Gasteiger partial charge in [0.15, 0.2) is 11.5 Å². The molecule has 0 radical (unpaired) electrons. The summed E-state index contributed by atoms with van der Waals surface area (Å²) in [7, 11) is 1.62. The number of carbonyl (C=O) groups excluding carboxylic acids is 1. The molecule has 1 aromatic heterocycles. The van der Waals surface area contributed by atoms with Crippen LogP contribution in [0.5, 0.6) is 0 Å². The van der Waals surface area contributed by atoms with E-state index in [2.05, 4.69) is 10.1 Å². The van der Waals surface area contributed by atoms with Crippen LogP contribution in [0.2, 0.25) is 0 Å². The van der Waals surface area contributed by atoms with Gasteiger partial charge < -0.3 is 20.1 Å². The van der Waals surface area contributed by atoms with Gasteiger partial charge in [0.1, 0.15) is 0 Å². The smallest absolute Gasteiger partial charge is 0.393 e. The van der Waals surface area contributed by atoms with Crippen LogP contribution in [0.15, 0.2) is 28.8 Å². The zero-order chi connectivity index (χ0) is 24.4. The number of primary amides is 1. The molecule has 0 spiro atoms.